The van der Waals surface area contributed by atoms with Crippen LogP contribution in [0.5, 0.6) is 0 Å². The van der Waals surface area contributed by atoms with Gasteiger partial charge in [-0.15, -0.1) is 11.3 Å². The van der Waals surface area contributed by atoms with E-state index in [1.807, 2.05) is 23.6 Å². The third-order valence-electron chi connectivity index (χ3n) is 3.50. The second-order valence-electron chi connectivity index (χ2n) is 5.75. The number of nitrogens with zero attached hydrogens (tertiary/aromatic N) is 1. The smallest absolute Gasteiger partial charge is 0.270 e. The zero-order valence-corrected chi connectivity index (χ0v) is 13.5. The summed E-state index contributed by atoms with van der Waals surface area (Å²) in [5.74, 6) is 0.483. The molecule has 0 saturated heterocycles. The van der Waals surface area contributed by atoms with Gasteiger partial charge in [0, 0.05) is 22.8 Å². The molecule has 0 aliphatic carbocycles. The molecule has 0 spiro atoms. The average molecular weight is 313 g/mol. The fraction of sp³-hybridized carbons (Fsp3) is 0.294. The molecule has 3 rings (SSSR count). The Morgan fingerprint density at radius 3 is 2.95 bits per heavy atom. The lowest BCUT2D eigenvalue weighted by atomic mass is 10.1. The first kappa shape index (κ1) is 14.8. The Balaban J connectivity index is 1.74. The van der Waals surface area contributed by atoms with Gasteiger partial charge in [-0.25, -0.2) is 4.98 Å². The largest absolute Gasteiger partial charge is 0.353 e. The van der Waals surface area contributed by atoms with Gasteiger partial charge in [-0.1, -0.05) is 32.0 Å². The number of H-pyrrole nitrogens is 1. The van der Waals surface area contributed by atoms with Crippen LogP contribution in [0, 0.1) is 5.92 Å². The summed E-state index contributed by atoms with van der Waals surface area (Å²) in [7, 11) is 0. The molecule has 0 saturated carbocycles. The minimum atomic E-state index is -0.0979. The lowest BCUT2D eigenvalue weighted by Gasteiger charge is -2.05. The zero-order chi connectivity index (χ0) is 15.5. The summed E-state index contributed by atoms with van der Waals surface area (Å²) < 4.78 is 0. The van der Waals surface area contributed by atoms with E-state index < -0.39 is 0 Å². The summed E-state index contributed by atoms with van der Waals surface area (Å²) in [6, 6.07) is 10.2. The molecule has 4 nitrogen and oxygen atoms in total. The van der Waals surface area contributed by atoms with Crippen molar-refractivity contribution in [3.63, 3.8) is 0 Å². The van der Waals surface area contributed by atoms with Crippen LogP contribution < -0.4 is 5.32 Å². The molecule has 0 bridgehead atoms. The Hall–Kier alpha value is -2.14. The van der Waals surface area contributed by atoms with Crippen LogP contribution in [0.2, 0.25) is 0 Å². The third-order valence-corrected chi connectivity index (χ3v) is 4.38. The first-order chi connectivity index (χ1) is 10.6. The lowest BCUT2D eigenvalue weighted by molar-refractivity contribution is 0.0948. The number of aromatic nitrogens is 2. The number of hydrogen-bond donors (Lipinski definition) is 2. The number of aromatic amines is 1. The Morgan fingerprint density at radius 1 is 1.36 bits per heavy atom. The van der Waals surface area contributed by atoms with Gasteiger partial charge in [-0.05, 0) is 24.5 Å². The third kappa shape index (κ3) is 3.20. The van der Waals surface area contributed by atoms with Crippen LogP contribution in [0.1, 0.15) is 30.8 Å². The zero-order valence-electron chi connectivity index (χ0n) is 12.7. The number of thiazole rings is 1. The van der Waals surface area contributed by atoms with Gasteiger partial charge in [-0.2, -0.15) is 0 Å². The van der Waals surface area contributed by atoms with Crippen LogP contribution in [0.25, 0.3) is 21.6 Å². The molecule has 5 heteroatoms. The molecule has 1 amide bonds. The van der Waals surface area contributed by atoms with E-state index in [0.717, 1.165) is 28.0 Å². The number of para-hydroxylation sites is 1. The van der Waals surface area contributed by atoms with Gasteiger partial charge in [0.15, 0.2) is 0 Å². The lowest BCUT2D eigenvalue weighted by Crippen LogP contribution is -2.25. The molecule has 114 valence electrons. The summed E-state index contributed by atoms with van der Waals surface area (Å²) in [4.78, 5) is 19.9. The van der Waals surface area contributed by atoms with E-state index in [2.05, 4.69) is 41.3 Å². The normalized spacial score (nSPS) is 11.2. The predicted octanol–water partition coefficient (Wildman–Crippen LogP) is 4.07. The van der Waals surface area contributed by atoms with E-state index in [1.165, 1.54) is 11.3 Å². The van der Waals surface area contributed by atoms with Gasteiger partial charge in [0.1, 0.15) is 10.7 Å². The summed E-state index contributed by atoms with van der Waals surface area (Å²) in [6.07, 6.45) is 0.977. The van der Waals surface area contributed by atoms with E-state index >= 15 is 0 Å². The minimum Gasteiger partial charge on any atom is -0.353 e. The number of amides is 1. The number of rotatable bonds is 5. The maximum atomic E-state index is 12.1. The predicted molar refractivity (Wildman–Crippen MR) is 91.2 cm³/mol. The molecular formula is C17H19N3OS. The van der Waals surface area contributed by atoms with Crippen LogP contribution >= 0.6 is 11.3 Å². The van der Waals surface area contributed by atoms with Crippen molar-refractivity contribution in [3.05, 3.63) is 41.4 Å². The van der Waals surface area contributed by atoms with Crippen molar-refractivity contribution in [2.45, 2.75) is 20.3 Å². The van der Waals surface area contributed by atoms with Crippen molar-refractivity contribution >= 4 is 28.1 Å². The highest BCUT2D eigenvalue weighted by Gasteiger charge is 2.13. The first-order valence-electron chi connectivity index (χ1n) is 7.45. The molecule has 1 aromatic carbocycles. The van der Waals surface area contributed by atoms with E-state index in [-0.39, 0.29) is 5.91 Å². The van der Waals surface area contributed by atoms with Crippen LogP contribution in [0.15, 0.2) is 35.7 Å². The number of carbonyl (C=O) groups excluding carboxylic acids is 1. The Kier molecular flexibility index (Phi) is 4.24. The number of hydrogen-bond acceptors (Lipinski definition) is 3. The monoisotopic (exact) mass is 313 g/mol. The molecule has 22 heavy (non-hydrogen) atoms. The van der Waals surface area contributed by atoms with Gasteiger partial charge >= 0.3 is 0 Å². The molecule has 0 aliphatic rings. The highest BCUT2D eigenvalue weighted by molar-refractivity contribution is 7.13. The molecule has 2 N–H and O–H groups in total. The molecule has 3 aromatic rings. The van der Waals surface area contributed by atoms with Crippen molar-refractivity contribution in [1.29, 1.82) is 0 Å². The maximum Gasteiger partial charge on any atom is 0.270 e. The van der Waals surface area contributed by atoms with E-state index in [9.17, 15) is 4.79 Å². The van der Waals surface area contributed by atoms with Crippen molar-refractivity contribution in [1.82, 2.24) is 15.3 Å². The van der Waals surface area contributed by atoms with Gasteiger partial charge in [0.05, 0.1) is 5.69 Å². The Bertz CT molecular complexity index is 755. The Morgan fingerprint density at radius 2 is 2.18 bits per heavy atom. The van der Waals surface area contributed by atoms with Gasteiger partial charge in [0.2, 0.25) is 0 Å². The maximum absolute atomic E-state index is 12.1. The first-order valence-corrected chi connectivity index (χ1v) is 8.33. The molecule has 0 atom stereocenters. The molecule has 0 radical (unpaired) electrons. The molecule has 0 fully saturated rings. The van der Waals surface area contributed by atoms with Crippen LogP contribution in [-0.4, -0.2) is 22.4 Å². The van der Waals surface area contributed by atoms with E-state index in [0.29, 0.717) is 18.2 Å². The molecule has 0 unspecified atom stereocenters. The van der Waals surface area contributed by atoms with Crippen molar-refractivity contribution in [3.8, 4) is 10.7 Å². The fourth-order valence-corrected chi connectivity index (χ4v) is 3.03. The highest BCUT2D eigenvalue weighted by atomic mass is 32.1. The van der Waals surface area contributed by atoms with Gasteiger partial charge in [0.25, 0.3) is 5.91 Å². The number of carbonyl (C=O) groups is 1. The second kappa shape index (κ2) is 6.32. The SMILES string of the molecule is CC(C)CCNC(=O)c1csc(-c2cc3ccccc3[nH]2)n1. The summed E-state index contributed by atoms with van der Waals surface area (Å²) >= 11 is 1.48. The molecule has 0 aliphatic heterocycles. The van der Waals surface area contributed by atoms with E-state index in [1.54, 1.807) is 0 Å². The number of benzene rings is 1. The molecule has 2 heterocycles. The highest BCUT2D eigenvalue weighted by Crippen LogP contribution is 2.26. The van der Waals surface area contributed by atoms with Crippen molar-refractivity contribution in [2.24, 2.45) is 5.92 Å². The fourth-order valence-electron chi connectivity index (χ4n) is 2.26. The number of nitrogens with one attached hydrogen (secondary N) is 2. The van der Waals surface area contributed by atoms with Gasteiger partial charge < -0.3 is 10.3 Å². The second-order valence-corrected chi connectivity index (χ2v) is 6.60. The molecule has 2 aromatic heterocycles. The van der Waals surface area contributed by atoms with E-state index in [4.69, 9.17) is 0 Å². The van der Waals surface area contributed by atoms with Crippen LogP contribution in [0.4, 0.5) is 0 Å². The van der Waals surface area contributed by atoms with Crippen LogP contribution in [0.3, 0.4) is 0 Å². The number of fused-ring (bicyclic) bond motifs is 1. The van der Waals surface area contributed by atoms with Crippen molar-refractivity contribution < 1.29 is 4.79 Å². The van der Waals surface area contributed by atoms with Gasteiger partial charge in [-0.3, -0.25) is 4.79 Å². The summed E-state index contributed by atoms with van der Waals surface area (Å²) in [6.45, 7) is 4.97. The minimum absolute atomic E-state index is 0.0979. The summed E-state index contributed by atoms with van der Waals surface area (Å²) in [5, 5.41) is 6.71. The summed E-state index contributed by atoms with van der Waals surface area (Å²) in [5.41, 5.74) is 2.52. The average Bonchev–Trinajstić information content (AvgIpc) is 3.13. The Labute approximate surface area is 133 Å². The van der Waals surface area contributed by atoms with Crippen molar-refractivity contribution in [2.75, 3.05) is 6.54 Å². The topological polar surface area (TPSA) is 57.8 Å². The standard InChI is InChI=1S/C17H19N3OS/c1-11(2)7-8-18-16(21)15-10-22-17(20-15)14-9-12-5-3-4-6-13(12)19-14/h3-6,9-11,19H,7-8H2,1-2H3,(H,18,21). The van der Waals surface area contributed by atoms with Crippen LogP contribution in [-0.2, 0) is 0 Å². The molecular weight excluding hydrogens is 294 g/mol. The quantitative estimate of drug-likeness (QED) is 0.746.